The maximum Gasteiger partial charge on any atom is 0.319 e. The molecule has 7 nitrogen and oxygen atoms in total. The largest absolute Gasteiger partial charge is 0.393 e. The first kappa shape index (κ1) is 17.2. The van der Waals surface area contributed by atoms with Crippen LogP contribution in [-0.4, -0.2) is 28.7 Å². The van der Waals surface area contributed by atoms with E-state index in [9.17, 15) is 20.0 Å². The van der Waals surface area contributed by atoms with Crippen LogP contribution in [0.4, 0.5) is 16.2 Å². The van der Waals surface area contributed by atoms with Gasteiger partial charge in [0.05, 0.1) is 21.7 Å². The number of nitrogens with zero attached hydrogens (tertiary/aromatic N) is 1. The number of hydrogen-bond donors (Lipinski definition) is 3. The first-order valence-electron chi connectivity index (χ1n) is 6.48. The summed E-state index contributed by atoms with van der Waals surface area (Å²) < 4.78 is 0. The lowest BCUT2D eigenvalue weighted by Crippen LogP contribution is -2.32. The molecule has 1 aromatic rings. The van der Waals surface area contributed by atoms with E-state index in [4.69, 9.17) is 11.6 Å². The molecule has 0 bridgehead atoms. The number of nitro benzene ring substituents is 1. The molecule has 1 unspecified atom stereocenters. The number of amides is 2. The molecular formula is C13H18ClN3O4. The van der Waals surface area contributed by atoms with Gasteiger partial charge in [0.2, 0.25) is 0 Å². The third-order valence-electron chi connectivity index (χ3n) is 2.91. The van der Waals surface area contributed by atoms with E-state index in [-0.39, 0.29) is 22.3 Å². The molecule has 1 rings (SSSR count). The van der Waals surface area contributed by atoms with Gasteiger partial charge in [-0.2, -0.15) is 0 Å². The summed E-state index contributed by atoms with van der Waals surface area (Å²) in [4.78, 5) is 21.6. The van der Waals surface area contributed by atoms with E-state index in [1.54, 1.807) is 0 Å². The minimum Gasteiger partial charge on any atom is -0.393 e. The van der Waals surface area contributed by atoms with Crippen molar-refractivity contribution in [1.29, 1.82) is 0 Å². The average molecular weight is 316 g/mol. The molecule has 0 radical (unpaired) electrons. The molecule has 0 saturated carbocycles. The van der Waals surface area contributed by atoms with Crippen molar-refractivity contribution < 1.29 is 14.8 Å². The molecule has 1 atom stereocenters. The normalized spacial score (nSPS) is 12.0. The van der Waals surface area contributed by atoms with Gasteiger partial charge in [-0.25, -0.2) is 4.79 Å². The Morgan fingerprint density at radius 1 is 1.48 bits per heavy atom. The Hall–Kier alpha value is -1.86. The van der Waals surface area contributed by atoms with Gasteiger partial charge >= 0.3 is 6.03 Å². The highest BCUT2D eigenvalue weighted by Gasteiger charge is 2.12. The SMILES string of the molecule is CC(C)C(O)CCNC(=O)Nc1ccc([N+](=O)[O-])cc1Cl. The molecular weight excluding hydrogens is 298 g/mol. The van der Waals surface area contributed by atoms with Gasteiger partial charge in [-0.1, -0.05) is 25.4 Å². The number of aliphatic hydroxyl groups is 1. The Morgan fingerprint density at radius 3 is 2.67 bits per heavy atom. The summed E-state index contributed by atoms with van der Waals surface area (Å²) in [5, 5.41) is 25.3. The minimum atomic E-state index is -0.566. The van der Waals surface area contributed by atoms with Crippen LogP contribution in [0.3, 0.4) is 0 Å². The smallest absolute Gasteiger partial charge is 0.319 e. The number of anilines is 1. The lowest BCUT2D eigenvalue weighted by atomic mass is 10.0. The quantitative estimate of drug-likeness (QED) is 0.554. The highest BCUT2D eigenvalue weighted by molar-refractivity contribution is 6.33. The Bertz CT molecular complexity index is 522. The van der Waals surface area contributed by atoms with E-state index in [0.717, 1.165) is 0 Å². The number of halogens is 1. The number of benzene rings is 1. The predicted molar refractivity (Wildman–Crippen MR) is 80.6 cm³/mol. The van der Waals surface area contributed by atoms with E-state index in [1.807, 2.05) is 13.8 Å². The second kappa shape index (κ2) is 7.80. The van der Waals surface area contributed by atoms with Gasteiger partial charge in [0.15, 0.2) is 0 Å². The highest BCUT2D eigenvalue weighted by atomic mass is 35.5. The van der Waals surface area contributed by atoms with Gasteiger partial charge < -0.3 is 15.7 Å². The molecule has 3 N–H and O–H groups in total. The van der Waals surface area contributed by atoms with Gasteiger partial charge in [0, 0.05) is 18.7 Å². The fourth-order valence-electron chi connectivity index (χ4n) is 1.55. The number of nitrogens with one attached hydrogen (secondary N) is 2. The van der Waals surface area contributed by atoms with Crippen molar-refractivity contribution in [1.82, 2.24) is 5.32 Å². The van der Waals surface area contributed by atoms with Crippen LogP contribution < -0.4 is 10.6 Å². The van der Waals surface area contributed by atoms with Crippen molar-refractivity contribution in [3.05, 3.63) is 33.3 Å². The van der Waals surface area contributed by atoms with Crippen molar-refractivity contribution in [3.63, 3.8) is 0 Å². The third-order valence-corrected chi connectivity index (χ3v) is 3.22. The van der Waals surface area contributed by atoms with Crippen molar-refractivity contribution in [2.75, 3.05) is 11.9 Å². The second-order valence-corrected chi connectivity index (χ2v) is 5.31. The van der Waals surface area contributed by atoms with Crippen molar-refractivity contribution in [2.24, 2.45) is 5.92 Å². The van der Waals surface area contributed by atoms with E-state index < -0.39 is 17.1 Å². The van der Waals surface area contributed by atoms with Gasteiger partial charge in [0.25, 0.3) is 5.69 Å². The molecule has 116 valence electrons. The summed E-state index contributed by atoms with van der Waals surface area (Å²) in [5.74, 6) is 0.124. The first-order valence-corrected chi connectivity index (χ1v) is 6.86. The maximum absolute atomic E-state index is 11.6. The number of carbonyl (C=O) groups excluding carboxylic acids is 1. The number of aliphatic hydroxyl groups excluding tert-OH is 1. The lowest BCUT2D eigenvalue weighted by Gasteiger charge is -2.15. The molecule has 0 fully saturated rings. The molecule has 0 aromatic heterocycles. The molecule has 0 aliphatic carbocycles. The fraction of sp³-hybridized carbons (Fsp3) is 0.462. The molecule has 0 aliphatic heterocycles. The van der Waals surface area contributed by atoms with Crippen molar-refractivity contribution in [3.8, 4) is 0 Å². The zero-order valence-electron chi connectivity index (χ0n) is 11.8. The highest BCUT2D eigenvalue weighted by Crippen LogP contribution is 2.26. The van der Waals surface area contributed by atoms with Crippen molar-refractivity contribution in [2.45, 2.75) is 26.4 Å². The lowest BCUT2D eigenvalue weighted by molar-refractivity contribution is -0.384. The van der Waals surface area contributed by atoms with E-state index in [1.165, 1.54) is 18.2 Å². The van der Waals surface area contributed by atoms with Crippen LogP contribution in [-0.2, 0) is 0 Å². The number of nitro groups is 1. The zero-order valence-corrected chi connectivity index (χ0v) is 12.6. The first-order chi connectivity index (χ1) is 9.81. The Morgan fingerprint density at radius 2 is 2.14 bits per heavy atom. The van der Waals surface area contributed by atoms with Crippen LogP contribution in [0.2, 0.25) is 5.02 Å². The maximum atomic E-state index is 11.6. The van der Waals surface area contributed by atoms with Gasteiger partial charge in [-0.15, -0.1) is 0 Å². The third kappa shape index (κ3) is 5.57. The topological polar surface area (TPSA) is 104 Å². The van der Waals surface area contributed by atoms with Gasteiger partial charge in [-0.3, -0.25) is 10.1 Å². The van der Waals surface area contributed by atoms with Crippen LogP contribution in [0.1, 0.15) is 20.3 Å². The molecule has 0 saturated heterocycles. The van der Waals surface area contributed by atoms with E-state index in [2.05, 4.69) is 10.6 Å². The summed E-state index contributed by atoms with van der Waals surface area (Å²) in [6, 6.07) is 3.30. The van der Waals surface area contributed by atoms with Crippen LogP contribution in [0.5, 0.6) is 0 Å². The Labute approximate surface area is 127 Å². The molecule has 8 heteroatoms. The van der Waals surface area contributed by atoms with Crippen LogP contribution in [0, 0.1) is 16.0 Å². The Balaban J connectivity index is 2.50. The fourth-order valence-corrected chi connectivity index (χ4v) is 1.77. The number of urea groups is 1. The number of carbonyl (C=O) groups is 1. The summed E-state index contributed by atoms with van der Waals surface area (Å²) in [6.07, 6.45) is -0.0349. The number of non-ortho nitro benzene ring substituents is 1. The molecule has 0 heterocycles. The number of rotatable bonds is 6. The van der Waals surface area contributed by atoms with Gasteiger partial charge in [-0.05, 0) is 18.4 Å². The van der Waals surface area contributed by atoms with Gasteiger partial charge in [0.1, 0.15) is 0 Å². The monoisotopic (exact) mass is 315 g/mol. The van der Waals surface area contributed by atoms with E-state index >= 15 is 0 Å². The van der Waals surface area contributed by atoms with Crippen LogP contribution >= 0.6 is 11.6 Å². The van der Waals surface area contributed by atoms with Crippen molar-refractivity contribution >= 4 is 29.0 Å². The second-order valence-electron chi connectivity index (χ2n) is 4.90. The molecule has 0 spiro atoms. The summed E-state index contributed by atoms with van der Waals surface area (Å²) in [6.45, 7) is 4.10. The minimum absolute atomic E-state index is 0.0848. The van der Waals surface area contributed by atoms with Crippen LogP contribution in [0.15, 0.2) is 18.2 Å². The number of hydrogen-bond acceptors (Lipinski definition) is 4. The summed E-state index contributed by atoms with van der Waals surface area (Å²) in [5.41, 5.74) is 0.134. The Kier molecular flexibility index (Phi) is 6.39. The zero-order chi connectivity index (χ0) is 16.0. The van der Waals surface area contributed by atoms with Crippen LogP contribution in [0.25, 0.3) is 0 Å². The average Bonchev–Trinajstić information content (AvgIpc) is 2.40. The molecule has 0 aliphatic rings. The predicted octanol–water partition coefficient (Wildman–Crippen LogP) is 2.78. The standard InChI is InChI=1S/C13H18ClN3O4/c1-8(2)12(18)5-6-15-13(19)16-11-4-3-9(17(20)21)7-10(11)14/h3-4,7-8,12,18H,5-6H2,1-2H3,(H2,15,16,19). The molecule has 21 heavy (non-hydrogen) atoms. The molecule has 1 aromatic carbocycles. The molecule has 2 amide bonds. The van der Waals surface area contributed by atoms with E-state index in [0.29, 0.717) is 13.0 Å². The summed E-state index contributed by atoms with van der Waals surface area (Å²) >= 11 is 5.86. The summed E-state index contributed by atoms with van der Waals surface area (Å²) in [7, 11) is 0.